The molecule has 8 nitrogen and oxygen atoms in total. The van der Waals surface area contributed by atoms with Gasteiger partial charge in [0.25, 0.3) is 0 Å². The fourth-order valence-electron chi connectivity index (χ4n) is 2.77. The Morgan fingerprint density at radius 3 is 2.71 bits per heavy atom. The van der Waals surface area contributed by atoms with Crippen LogP contribution in [-0.2, 0) is 0 Å². The molecule has 8 heteroatoms. The highest BCUT2D eigenvalue weighted by Gasteiger charge is 2.35. The number of aromatic carboxylic acids is 1. The van der Waals surface area contributed by atoms with E-state index < -0.39 is 5.97 Å². The first-order chi connectivity index (χ1) is 11.6. The number of ether oxygens (including phenoxy) is 1. The van der Waals surface area contributed by atoms with Crippen LogP contribution < -0.4 is 10.1 Å². The molecular formula is C16H18N4O4. The second-order valence-corrected chi connectivity index (χ2v) is 5.74. The number of pyridine rings is 1. The Hall–Kier alpha value is -2.74. The monoisotopic (exact) mass is 330 g/mol. The van der Waals surface area contributed by atoms with E-state index in [4.69, 9.17) is 9.84 Å². The van der Waals surface area contributed by atoms with Gasteiger partial charge in [-0.2, -0.15) is 0 Å². The average Bonchev–Trinajstić information content (AvgIpc) is 2.57. The maximum atomic E-state index is 11.0. The Morgan fingerprint density at radius 1 is 1.33 bits per heavy atom. The second-order valence-electron chi connectivity index (χ2n) is 5.74. The number of nitrogens with zero attached hydrogens (tertiary/aromatic N) is 3. The minimum Gasteiger partial charge on any atom is -0.481 e. The number of carboxylic acids is 1. The molecule has 1 saturated carbocycles. The number of nitrogens with one attached hydrogen (secondary N) is 1. The van der Waals surface area contributed by atoms with Gasteiger partial charge in [0.2, 0.25) is 5.88 Å². The maximum Gasteiger partial charge on any atom is 0.356 e. The molecular weight excluding hydrogens is 312 g/mol. The van der Waals surface area contributed by atoms with Crippen molar-refractivity contribution in [1.82, 2.24) is 15.0 Å². The molecule has 0 radical (unpaired) electrons. The van der Waals surface area contributed by atoms with Crippen molar-refractivity contribution < 1.29 is 19.7 Å². The van der Waals surface area contributed by atoms with Crippen molar-refractivity contribution in [2.24, 2.45) is 5.92 Å². The summed E-state index contributed by atoms with van der Waals surface area (Å²) in [5.74, 6) is -0.0470. The molecule has 1 fully saturated rings. The zero-order valence-electron chi connectivity index (χ0n) is 13.1. The lowest BCUT2D eigenvalue weighted by Gasteiger charge is -2.38. The molecule has 0 aliphatic heterocycles. The molecule has 0 saturated heterocycles. The van der Waals surface area contributed by atoms with E-state index in [1.807, 2.05) is 6.07 Å². The average molecular weight is 330 g/mol. The molecule has 1 aliphatic rings. The first-order valence-electron chi connectivity index (χ1n) is 7.56. The lowest BCUT2D eigenvalue weighted by atomic mass is 9.75. The number of carbonyl (C=O) groups is 1. The number of carboxylic acid groups (broad SMARTS) is 1. The molecule has 0 unspecified atom stereocenters. The van der Waals surface area contributed by atoms with Gasteiger partial charge in [0.15, 0.2) is 5.69 Å². The van der Waals surface area contributed by atoms with Crippen LogP contribution in [0.3, 0.4) is 0 Å². The van der Waals surface area contributed by atoms with Gasteiger partial charge in [-0.1, -0.05) is 6.07 Å². The van der Waals surface area contributed by atoms with Crippen LogP contribution in [0.5, 0.6) is 5.88 Å². The lowest BCUT2D eigenvalue weighted by molar-refractivity contribution is 0.0338. The van der Waals surface area contributed by atoms with E-state index in [1.165, 1.54) is 12.4 Å². The lowest BCUT2D eigenvalue weighted by Crippen LogP contribution is -2.36. The third-order valence-corrected chi connectivity index (χ3v) is 4.11. The van der Waals surface area contributed by atoms with E-state index in [2.05, 4.69) is 20.3 Å². The topological polar surface area (TPSA) is 117 Å². The highest BCUT2D eigenvalue weighted by atomic mass is 16.5. The van der Waals surface area contributed by atoms with E-state index in [1.54, 1.807) is 19.4 Å². The SMILES string of the molecule is COc1ccc([C@@H](Nc2cncc(C(=O)O)n2)C2CC(O)C2)cn1. The molecule has 0 amide bonds. The predicted molar refractivity (Wildman–Crippen MR) is 84.9 cm³/mol. The summed E-state index contributed by atoms with van der Waals surface area (Å²) in [5.41, 5.74) is 0.787. The molecule has 2 heterocycles. The van der Waals surface area contributed by atoms with Crippen LogP contribution in [0.4, 0.5) is 5.82 Å². The molecule has 24 heavy (non-hydrogen) atoms. The van der Waals surface area contributed by atoms with Gasteiger partial charge >= 0.3 is 5.97 Å². The molecule has 1 aliphatic carbocycles. The van der Waals surface area contributed by atoms with Gasteiger partial charge in [-0.05, 0) is 24.3 Å². The molecule has 3 N–H and O–H groups in total. The quantitative estimate of drug-likeness (QED) is 0.729. The van der Waals surface area contributed by atoms with Crippen molar-refractivity contribution in [2.75, 3.05) is 12.4 Å². The first-order valence-corrected chi connectivity index (χ1v) is 7.56. The van der Waals surface area contributed by atoms with Gasteiger partial charge in [-0.3, -0.25) is 4.98 Å². The summed E-state index contributed by atoms with van der Waals surface area (Å²) in [6.07, 6.45) is 5.40. The van der Waals surface area contributed by atoms with Crippen molar-refractivity contribution >= 4 is 11.8 Å². The number of hydrogen-bond acceptors (Lipinski definition) is 7. The number of methoxy groups -OCH3 is 1. The van der Waals surface area contributed by atoms with Gasteiger partial charge in [-0.25, -0.2) is 14.8 Å². The van der Waals surface area contributed by atoms with E-state index >= 15 is 0 Å². The Kier molecular flexibility index (Phi) is 4.57. The normalized spacial score (nSPS) is 20.8. The highest BCUT2D eigenvalue weighted by Crippen LogP contribution is 2.39. The number of rotatable bonds is 6. The molecule has 1 atom stereocenters. The number of aliphatic hydroxyl groups is 1. The molecule has 0 aromatic carbocycles. The van der Waals surface area contributed by atoms with Crippen molar-refractivity contribution in [3.63, 3.8) is 0 Å². The number of anilines is 1. The van der Waals surface area contributed by atoms with Gasteiger partial charge in [-0.15, -0.1) is 0 Å². The van der Waals surface area contributed by atoms with Gasteiger partial charge in [0.05, 0.1) is 31.6 Å². The summed E-state index contributed by atoms with van der Waals surface area (Å²) in [5, 5.41) is 21.9. The summed E-state index contributed by atoms with van der Waals surface area (Å²) in [6, 6.07) is 3.51. The highest BCUT2D eigenvalue weighted by molar-refractivity contribution is 5.85. The minimum absolute atomic E-state index is 0.125. The molecule has 3 rings (SSSR count). The van der Waals surface area contributed by atoms with E-state index in [9.17, 15) is 9.90 Å². The van der Waals surface area contributed by atoms with E-state index in [0.717, 1.165) is 5.56 Å². The molecule has 0 spiro atoms. The fourth-order valence-corrected chi connectivity index (χ4v) is 2.77. The molecule has 126 valence electrons. The third kappa shape index (κ3) is 3.43. The summed E-state index contributed by atoms with van der Waals surface area (Å²) in [6.45, 7) is 0. The standard InChI is InChI=1S/C16H18N4O4/c1-24-14-3-2-9(6-18-14)15(10-4-11(21)5-10)20-13-8-17-7-12(19-13)16(22)23/h2-3,6-8,10-11,15,21H,4-5H2,1H3,(H,19,20)(H,22,23)/t10?,11?,15-/m1/s1. The van der Waals surface area contributed by atoms with Gasteiger partial charge in [0.1, 0.15) is 5.82 Å². The smallest absolute Gasteiger partial charge is 0.356 e. The zero-order chi connectivity index (χ0) is 17.1. The van der Waals surface area contributed by atoms with Crippen LogP contribution in [-0.4, -0.2) is 44.3 Å². The van der Waals surface area contributed by atoms with Crippen LogP contribution in [0.15, 0.2) is 30.7 Å². The van der Waals surface area contributed by atoms with E-state index in [-0.39, 0.29) is 23.8 Å². The molecule has 2 aromatic rings. The van der Waals surface area contributed by atoms with Crippen LogP contribution in [0.1, 0.15) is 34.9 Å². The Morgan fingerprint density at radius 2 is 2.12 bits per heavy atom. The summed E-state index contributed by atoms with van der Waals surface area (Å²) in [7, 11) is 1.55. The summed E-state index contributed by atoms with van der Waals surface area (Å²) < 4.78 is 5.07. The Balaban J connectivity index is 1.84. The molecule has 2 aromatic heterocycles. The summed E-state index contributed by atoms with van der Waals surface area (Å²) >= 11 is 0. The van der Waals surface area contributed by atoms with Crippen molar-refractivity contribution in [1.29, 1.82) is 0 Å². The van der Waals surface area contributed by atoms with Crippen molar-refractivity contribution in [2.45, 2.75) is 25.0 Å². The van der Waals surface area contributed by atoms with Crippen molar-refractivity contribution in [3.05, 3.63) is 42.0 Å². The zero-order valence-corrected chi connectivity index (χ0v) is 13.1. The van der Waals surface area contributed by atoms with E-state index in [0.29, 0.717) is 24.5 Å². The predicted octanol–water partition coefficient (Wildman–Crippen LogP) is 1.50. The van der Waals surface area contributed by atoms with Crippen molar-refractivity contribution in [3.8, 4) is 5.88 Å². The van der Waals surface area contributed by atoms with Gasteiger partial charge in [0, 0.05) is 12.3 Å². The largest absolute Gasteiger partial charge is 0.481 e. The summed E-state index contributed by atoms with van der Waals surface area (Å²) in [4.78, 5) is 23.2. The van der Waals surface area contributed by atoms with Crippen LogP contribution in [0.2, 0.25) is 0 Å². The number of aliphatic hydroxyl groups excluding tert-OH is 1. The fraction of sp³-hybridized carbons (Fsp3) is 0.375. The van der Waals surface area contributed by atoms with Crippen LogP contribution in [0, 0.1) is 5.92 Å². The minimum atomic E-state index is -1.13. The molecule has 0 bridgehead atoms. The van der Waals surface area contributed by atoms with Crippen LogP contribution >= 0.6 is 0 Å². The Labute approximate surface area is 138 Å². The number of aromatic nitrogens is 3. The van der Waals surface area contributed by atoms with Crippen LogP contribution in [0.25, 0.3) is 0 Å². The maximum absolute atomic E-state index is 11.0. The Bertz CT molecular complexity index is 716. The van der Waals surface area contributed by atoms with Gasteiger partial charge < -0.3 is 20.3 Å². The second kappa shape index (κ2) is 6.79. The first kappa shape index (κ1) is 16.1. The third-order valence-electron chi connectivity index (χ3n) is 4.11. The number of hydrogen-bond donors (Lipinski definition) is 3.